The lowest BCUT2D eigenvalue weighted by Crippen LogP contribution is -2.04. The summed E-state index contributed by atoms with van der Waals surface area (Å²) in [6, 6.07) is 1.72. The summed E-state index contributed by atoms with van der Waals surface area (Å²) in [6.07, 6.45) is 4.69. The van der Waals surface area contributed by atoms with Crippen LogP contribution in [0.2, 0.25) is 0 Å². The van der Waals surface area contributed by atoms with Gasteiger partial charge in [-0.25, -0.2) is 4.79 Å². The van der Waals surface area contributed by atoms with E-state index in [1.165, 1.54) is 19.3 Å². The van der Waals surface area contributed by atoms with Crippen molar-refractivity contribution in [2.75, 3.05) is 0 Å². The molecule has 0 unspecified atom stereocenters. The third-order valence-electron chi connectivity index (χ3n) is 3.10. The molecule has 1 fully saturated rings. The van der Waals surface area contributed by atoms with Gasteiger partial charge in [-0.1, -0.05) is 19.3 Å². The molecule has 0 spiro atoms. The molecule has 2 rings (SSSR count). The number of carboxylic acid groups (broad SMARTS) is 1. The van der Waals surface area contributed by atoms with Crippen LogP contribution < -0.4 is 4.74 Å². The van der Waals surface area contributed by atoms with E-state index < -0.39 is 6.16 Å². The van der Waals surface area contributed by atoms with Crippen molar-refractivity contribution in [3.05, 3.63) is 17.6 Å². The Morgan fingerprint density at radius 2 is 2.12 bits per heavy atom. The van der Waals surface area contributed by atoms with Crippen molar-refractivity contribution in [2.45, 2.75) is 44.9 Å². The topological polar surface area (TPSA) is 59.7 Å². The van der Waals surface area contributed by atoms with E-state index in [1.807, 2.05) is 0 Å². The van der Waals surface area contributed by atoms with Crippen molar-refractivity contribution in [1.29, 1.82) is 0 Å². The van der Waals surface area contributed by atoms with Gasteiger partial charge >= 0.3 is 6.16 Å². The molecule has 0 aromatic carbocycles. The van der Waals surface area contributed by atoms with Crippen molar-refractivity contribution in [3.63, 3.8) is 0 Å². The Morgan fingerprint density at radius 3 is 2.75 bits per heavy atom. The van der Waals surface area contributed by atoms with E-state index in [-0.39, 0.29) is 0 Å². The smallest absolute Gasteiger partial charge is 0.462 e. The molecule has 0 atom stereocenters. The maximum atomic E-state index is 10.4. The van der Waals surface area contributed by atoms with Gasteiger partial charge in [0.15, 0.2) is 5.75 Å². The van der Waals surface area contributed by atoms with E-state index in [9.17, 15) is 4.79 Å². The Kier molecular flexibility index (Phi) is 3.17. The van der Waals surface area contributed by atoms with Gasteiger partial charge in [0.2, 0.25) is 0 Å². The van der Waals surface area contributed by atoms with Crippen molar-refractivity contribution >= 4 is 6.16 Å². The zero-order chi connectivity index (χ0) is 11.5. The van der Waals surface area contributed by atoms with Gasteiger partial charge in [-0.2, -0.15) is 0 Å². The summed E-state index contributed by atoms with van der Waals surface area (Å²) in [5.74, 6) is 2.17. The van der Waals surface area contributed by atoms with Gasteiger partial charge in [0, 0.05) is 12.0 Å². The Balaban J connectivity index is 2.12. The van der Waals surface area contributed by atoms with Gasteiger partial charge in [-0.3, -0.25) is 0 Å². The third-order valence-corrected chi connectivity index (χ3v) is 3.10. The van der Waals surface area contributed by atoms with Crippen LogP contribution >= 0.6 is 0 Å². The molecule has 1 heterocycles. The number of carbonyl (C=O) groups is 1. The van der Waals surface area contributed by atoms with Crippen LogP contribution in [-0.2, 0) is 0 Å². The highest BCUT2D eigenvalue weighted by atomic mass is 16.7. The van der Waals surface area contributed by atoms with Crippen molar-refractivity contribution in [1.82, 2.24) is 0 Å². The molecular weight excluding hydrogens is 208 g/mol. The Morgan fingerprint density at radius 1 is 1.44 bits per heavy atom. The first-order chi connectivity index (χ1) is 7.66. The maximum absolute atomic E-state index is 10.4. The maximum Gasteiger partial charge on any atom is 0.511 e. The molecule has 4 nitrogen and oxygen atoms in total. The minimum absolute atomic E-state index is 0.327. The quantitative estimate of drug-likeness (QED) is 0.778. The number of furan rings is 1. The average Bonchev–Trinajstić information content (AvgIpc) is 2.61. The van der Waals surface area contributed by atoms with E-state index in [4.69, 9.17) is 9.52 Å². The van der Waals surface area contributed by atoms with Crippen LogP contribution in [-0.4, -0.2) is 11.3 Å². The predicted octanol–water partition coefficient (Wildman–Crippen LogP) is 3.69. The van der Waals surface area contributed by atoms with Crippen LogP contribution in [0, 0.1) is 6.92 Å². The van der Waals surface area contributed by atoms with Crippen LogP contribution in [0.15, 0.2) is 10.5 Å². The lowest BCUT2D eigenvalue weighted by atomic mass is 9.88. The van der Waals surface area contributed by atoms with Crippen LogP contribution in [0.4, 0.5) is 4.79 Å². The molecule has 1 saturated carbocycles. The summed E-state index contributed by atoms with van der Waals surface area (Å²) in [6.45, 7) is 1.73. The van der Waals surface area contributed by atoms with Crippen LogP contribution in [0.1, 0.15) is 49.5 Å². The van der Waals surface area contributed by atoms with Crippen LogP contribution in [0.5, 0.6) is 5.75 Å². The average molecular weight is 224 g/mol. The first-order valence-electron chi connectivity index (χ1n) is 5.68. The first kappa shape index (κ1) is 11.0. The number of hydrogen-bond acceptors (Lipinski definition) is 3. The fourth-order valence-electron chi connectivity index (χ4n) is 2.27. The van der Waals surface area contributed by atoms with Gasteiger partial charge in [-0.05, 0) is 19.8 Å². The minimum atomic E-state index is -1.29. The summed E-state index contributed by atoms with van der Waals surface area (Å²) in [7, 11) is 0. The summed E-state index contributed by atoms with van der Waals surface area (Å²) in [4.78, 5) is 10.4. The molecule has 0 bridgehead atoms. The molecule has 88 valence electrons. The van der Waals surface area contributed by atoms with Crippen molar-refractivity contribution in [3.8, 4) is 5.75 Å². The lowest BCUT2D eigenvalue weighted by Gasteiger charge is -2.18. The first-order valence-corrected chi connectivity index (χ1v) is 5.68. The Bertz CT molecular complexity index is 374. The van der Waals surface area contributed by atoms with Gasteiger partial charge in [0.05, 0.1) is 0 Å². The van der Waals surface area contributed by atoms with Gasteiger partial charge in [-0.15, -0.1) is 0 Å². The van der Waals surface area contributed by atoms with Gasteiger partial charge in [0.25, 0.3) is 0 Å². The van der Waals surface area contributed by atoms with Gasteiger partial charge in [0.1, 0.15) is 11.5 Å². The van der Waals surface area contributed by atoms with Crippen molar-refractivity contribution < 1.29 is 19.1 Å². The van der Waals surface area contributed by atoms with Crippen LogP contribution in [0.3, 0.4) is 0 Å². The lowest BCUT2D eigenvalue weighted by molar-refractivity contribution is 0.143. The second kappa shape index (κ2) is 4.60. The van der Waals surface area contributed by atoms with E-state index in [1.54, 1.807) is 13.0 Å². The highest BCUT2D eigenvalue weighted by molar-refractivity contribution is 5.61. The monoisotopic (exact) mass is 224 g/mol. The number of hydrogen-bond donors (Lipinski definition) is 1. The fourth-order valence-corrected chi connectivity index (χ4v) is 2.27. The molecule has 0 radical (unpaired) electrons. The SMILES string of the molecule is Cc1oc(C2CCCCC2)cc1OC(=O)O. The normalized spacial score (nSPS) is 17.3. The zero-order valence-electron chi connectivity index (χ0n) is 9.36. The molecule has 4 heteroatoms. The zero-order valence-corrected chi connectivity index (χ0v) is 9.36. The summed E-state index contributed by atoms with van der Waals surface area (Å²) < 4.78 is 10.2. The third kappa shape index (κ3) is 2.38. The van der Waals surface area contributed by atoms with Crippen molar-refractivity contribution in [2.24, 2.45) is 0 Å². The molecule has 16 heavy (non-hydrogen) atoms. The van der Waals surface area contributed by atoms with E-state index in [0.29, 0.717) is 17.4 Å². The predicted molar refractivity (Wildman–Crippen MR) is 57.9 cm³/mol. The standard InChI is InChI=1S/C12H16O4/c1-8-10(16-12(13)14)7-11(15-8)9-5-3-2-4-6-9/h7,9H,2-6H2,1H3,(H,13,14). The molecule has 0 saturated heterocycles. The second-order valence-corrected chi connectivity index (χ2v) is 4.27. The summed E-state index contributed by atoms with van der Waals surface area (Å²) >= 11 is 0. The molecule has 1 aliphatic rings. The molecule has 1 aromatic heterocycles. The highest BCUT2D eigenvalue weighted by Crippen LogP contribution is 2.36. The van der Waals surface area contributed by atoms with E-state index >= 15 is 0 Å². The minimum Gasteiger partial charge on any atom is -0.462 e. The van der Waals surface area contributed by atoms with Crippen LogP contribution in [0.25, 0.3) is 0 Å². The summed E-state index contributed by atoms with van der Waals surface area (Å²) in [5.41, 5.74) is 0. The fraction of sp³-hybridized carbons (Fsp3) is 0.583. The molecular formula is C12H16O4. The second-order valence-electron chi connectivity index (χ2n) is 4.27. The van der Waals surface area contributed by atoms with Gasteiger partial charge < -0.3 is 14.3 Å². The Hall–Kier alpha value is -1.45. The Labute approximate surface area is 94.2 Å². The highest BCUT2D eigenvalue weighted by Gasteiger charge is 2.21. The molecule has 1 N–H and O–H groups in total. The summed E-state index contributed by atoms with van der Waals surface area (Å²) in [5, 5.41) is 8.55. The van der Waals surface area contributed by atoms with E-state index in [0.717, 1.165) is 18.6 Å². The van der Waals surface area contributed by atoms with E-state index in [2.05, 4.69) is 4.74 Å². The molecule has 1 aliphatic carbocycles. The number of rotatable bonds is 2. The molecule has 0 amide bonds. The largest absolute Gasteiger partial charge is 0.511 e. The molecule has 0 aliphatic heterocycles. The molecule has 1 aromatic rings. The number of ether oxygens (including phenoxy) is 1. The number of aryl methyl sites for hydroxylation is 1.